The molecule has 1 aromatic heterocycles. The van der Waals surface area contributed by atoms with Crippen molar-refractivity contribution in [3.05, 3.63) is 51.7 Å². The van der Waals surface area contributed by atoms with E-state index in [-0.39, 0.29) is 6.04 Å². The molecular formula is C11H11BrClN3. The van der Waals surface area contributed by atoms with Gasteiger partial charge in [-0.1, -0.05) is 23.7 Å². The summed E-state index contributed by atoms with van der Waals surface area (Å²) in [6.07, 6.45) is 3.66. The van der Waals surface area contributed by atoms with Gasteiger partial charge in [-0.2, -0.15) is 5.10 Å². The van der Waals surface area contributed by atoms with Gasteiger partial charge in [0.15, 0.2) is 0 Å². The van der Waals surface area contributed by atoms with Crippen molar-refractivity contribution in [3.8, 4) is 0 Å². The molecule has 2 N–H and O–H groups in total. The highest BCUT2D eigenvalue weighted by atomic mass is 79.9. The van der Waals surface area contributed by atoms with Crippen molar-refractivity contribution in [3.63, 3.8) is 0 Å². The summed E-state index contributed by atoms with van der Waals surface area (Å²) in [5, 5.41) is 4.97. The average molecular weight is 301 g/mol. The van der Waals surface area contributed by atoms with Crippen molar-refractivity contribution in [2.75, 3.05) is 6.54 Å². The van der Waals surface area contributed by atoms with Crippen molar-refractivity contribution in [1.29, 1.82) is 0 Å². The van der Waals surface area contributed by atoms with E-state index in [2.05, 4.69) is 21.0 Å². The van der Waals surface area contributed by atoms with Gasteiger partial charge in [-0.15, -0.1) is 0 Å². The molecule has 0 saturated carbocycles. The second kappa shape index (κ2) is 4.99. The van der Waals surface area contributed by atoms with Gasteiger partial charge in [0.05, 0.1) is 16.7 Å². The van der Waals surface area contributed by atoms with E-state index in [0.717, 1.165) is 15.1 Å². The van der Waals surface area contributed by atoms with Crippen LogP contribution in [0.4, 0.5) is 0 Å². The van der Waals surface area contributed by atoms with E-state index in [9.17, 15) is 0 Å². The lowest BCUT2D eigenvalue weighted by molar-refractivity contribution is 0.532. The van der Waals surface area contributed by atoms with Crippen LogP contribution < -0.4 is 5.73 Å². The molecule has 16 heavy (non-hydrogen) atoms. The first-order valence-electron chi connectivity index (χ1n) is 4.86. The fourth-order valence-electron chi connectivity index (χ4n) is 1.57. The number of halogens is 2. The Labute approximate surface area is 107 Å². The lowest BCUT2D eigenvalue weighted by Crippen LogP contribution is -2.20. The van der Waals surface area contributed by atoms with E-state index in [1.54, 1.807) is 6.20 Å². The van der Waals surface area contributed by atoms with Crippen LogP contribution >= 0.6 is 27.5 Å². The molecule has 0 aliphatic carbocycles. The summed E-state index contributed by atoms with van der Waals surface area (Å²) >= 11 is 9.22. The summed E-state index contributed by atoms with van der Waals surface area (Å²) in [6, 6.07) is 7.70. The van der Waals surface area contributed by atoms with Gasteiger partial charge < -0.3 is 5.73 Å². The van der Waals surface area contributed by atoms with E-state index in [1.807, 2.05) is 35.1 Å². The molecule has 5 heteroatoms. The number of benzene rings is 1. The highest BCUT2D eigenvalue weighted by Gasteiger charge is 2.12. The van der Waals surface area contributed by atoms with Crippen LogP contribution in [0.5, 0.6) is 0 Å². The zero-order valence-electron chi connectivity index (χ0n) is 8.48. The maximum absolute atomic E-state index is 5.85. The van der Waals surface area contributed by atoms with Crippen molar-refractivity contribution >= 4 is 27.5 Å². The van der Waals surface area contributed by atoms with Crippen LogP contribution in [-0.2, 0) is 0 Å². The Bertz CT molecular complexity index is 466. The maximum atomic E-state index is 5.85. The quantitative estimate of drug-likeness (QED) is 0.947. The molecule has 0 radical (unpaired) electrons. The van der Waals surface area contributed by atoms with Gasteiger partial charge in [-0.3, -0.25) is 4.68 Å². The normalized spacial score (nSPS) is 12.7. The monoisotopic (exact) mass is 299 g/mol. The SMILES string of the molecule is NCC(c1ccc(Cl)cc1)n1cc(Br)cn1. The maximum Gasteiger partial charge on any atom is 0.0891 e. The van der Waals surface area contributed by atoms with Gasteiger partial charge in [0.25, 0.3) is 0 Å². The molecule has 1 unspecified atom stereocenters. The van der Waals surface area contributed by atoms with Crippen molar-refractivity contribution in [2.24, 2.45) is 5.73 Å². The molecule has 0 aliphatic heterocycles. The second-order valence-electron chi connectivity index (χ2n) is 3.44. The number of rotatable bonds is 3. The standard InChI is InChI=1S/C11H11BrClN3/c12-9-6-15-16(7-9)11(5-14)8-1-3-10(13)4-2-8/h1-4,6-7,11H,5,14H2. The largest absolute Gasteiger partial charge is 0.328 e. The van der Waals surface area contributed by atoms with Crippen LogP contribution in [-0.4, -0.2) is 16.3 Å². The molecule has 1 atom stereocenters. The Balaban J connectivity index is 2.32. The summed E-state index contributed by atoms with van der Waals surface area (Å²) in [7, 11) is 0. The minimum atomic E-state index is 0.0450. The van der Waals surface area contributed by atoms with Crippen LogP contribution in [0.2, 0.25) is 5.02 Å². The third-order valence-corrected chi connectivity index (χ3v) is 3.03. The first-order chi connectivity index (χ1) is 7.70. The summed E-state index contributed by atoms with van der Waals surface area (Å²) < 4.78 is 2.78. The predicted octanol–water partition coefficient (Wildman–Crippen LogP) is 2.85. The summed E-state index contributed by atoms with van der Waals surface area (Å²) in [4.78, 5) is 0. The minimum Gasteiger partial charge on any atom is -0.328 e. The third kappa shape index (κ3) is 2.45. The summed E-state index contributed by atoms with van der Waals surface area (Å²) in [5.74, 6) is 0. The van der Waals surface area contributed by atoms with E-state index in [1.165, 1.54) is 0 Å². The Morgan fingerprint density at radius 3 is 2.56 bits per heavy atom. The van der Waals surface area contributed by atoms with Crippen molar-refractivity contribution in [1.82, 2.24) is 9.78 Å². The molecular weight excluding hydrogens is 289 g/mol. The summed E-state index contributed by atoms with van der Waals surface area (Å²) in [5.41, 5.74) is 6.87. The fourth-order valence-corrected chi connectivity index (χ4v) is 1.99. The Kier molecular flexibility index (Phi) is 3.63. The van der Waals surface area contributed by atoms with Gasteiger partial charge in [-0.25, -0.2) is 0 Å². The summed E-state index contributed by atoms with van der Waals surface area (Å²) in [6.45, 7) is 0.496. The third-order valence-electron chi connectivity index (χ3n) is 2.37. The van der Waals surface area contributed by atoms with E-state index in [0.29, 0.717) is 6.54 Å². The first kappa shape index (κ1) is 11.6. The lowest BCUT2D eigenvalue weighted by atomic mass is 10.1. The van der Waals surface area contributed by atoms with Gasteiger partial charge in [0.1, 0.15) is 0 Å². The van der Waals surface area contributed by atoms with Crippen molar-refractivity contribution < 1.29 is 0 Å². The zero-order chi connectivity index (χ0) is 11.5. The lowest BCUT2D eigenvalue weighted by Gasteiger charge is -2.15. The van der Waals surface area contributed by atoms with Gasteiger partial charge >= 0.3 is 0 Å². The van der Waals surface area contributed by atoms with Crippen LogP contribution in [0.15, 0.2) is 41.1 Å². The van der Waals surface area contributed by atoms with Crippen LogP contribution in [0.25, 0.3) is 0 Å². The minimum absolute atomic E-state index is 0.0450. The average Bonchev–Trinajstić information content (AvgIpc) is 2.69. The molecule has 0 aliphatic rings. The first-order valence-corrected chi connectivity index (χ1v) is 6.03. The molecule has 1 aromatic carbocycles. The molecule has 0 saturated heterocycles. The number of hydrogen-bond donors (Lipinski definition) is 1. The molecule has 2 rings (SSSR count). The molecule has 2 aromatic rings. The molecule has 1 heterocycles. The number of hydrogen-bond acceptors (Lipinski definition) is 2. The molecule has 0 amide bonds. The van der Waals surface area contributed by atoms with Gasteiger partial charge in [-0.05, 0) is 33.6 Å². The van der Waals surface area contributed by atoms with E-state index in [4.69, 9.17) is 17.3 Å². The molecule has 84 valence electrons. The Morgan fingerprint density at radius 1 is 1.38 bits per heavy atom. The molecule has 0 spiro atoms. The topological polar surface area (TPSA) is 43.8 Å². The highest BCUT2D eigenvalue weighted by molar-refractivity contribution is 9.10. The highest BCUT2D eigenvalue weighted by Crippen LogP contribution is 2.20. The van der Waals surface area contributed by atoms with Gasteiger partial charge in [0, 0.05) is 17.8 Å². The Hall–Kier alpha value is -0.840. The molecule has 0 bridgehead atoms. The number of aromatic nitrogens is 2. The zero-order valence-corrected chi connectivity index (χ0v) is 10.8. The predicted molar refractivity (Wildman–Crippen MR) is 68.6 cm³/mol. The number of nitrogens with zero attached hydrogens (tertiary/aromatic N) is 2. The molecule has 0 fully saturated rings. The Morgan fingerprint density at radius 2 is 2.06 bits per heavy atom. The van der Waals surface area contributed by atoms with Gasteiger partial charge in [0.2, 0.25) is 0 Å². The van der Waals surface area contributed by atoms with Crippen LogP contribution in [0, 0.1) is 0 Å². The number of nitrogens with two attached hydrogens (primary N) is 1. The molecule has 3 nitrogen and oxygen atoms in total. The van der Waals surface area contributed by atoms with Crippen molar-refractivity contribution in [2.45, 2.75) is 6.04 Å². The van der Waals surface area contributed by atoms with E-state index < -0.39 is 0 Å². The second-order valence-corrected chi connectivity index (χ2v) is 4.79. The smallest absolute Gasteiger partial charge is 0.0891 e. The van der Waals surface area contributed by atoms with Crippen LogP contribution in [0.3, 0.4) is 0 Å². The van der Waals surface area contributed by atoms with Crippen LogP contribution in [0.1, 0.15) is 11.6 Å². The van der Waals surface area contributed by atoms with E-state index >= 15 is 0 Å². The fraction of sp³-hybridized carbons (Fsp3) is 0.182.